The first-order chi connectivity index (χ1) is 9.65. The maximum atomic E-state index is 12.3. The molecule has 1 unspecified atom stereocenters. The third-order valence-electron chi connectivity index (χ3n) is 3.28. The first kappa shape index (κ1) is 17.5. The molecule has 0 aliphatic heterocycles. The minimum atomic E-state index is -3.64. The normalized spacial score (nSPS) is 14.7. The zero-order valence-electron chi connectivity index (χ0n) is 12.8. The van der Waals surface area contributed by atoms with Gasteiger partial charge in [-0.1, -0.05) is 25.5 Å². The van der Waals surface area contributed by atoms with Crippen molar-refractivity contribution in [1.82, 2.24) is 4.31 Å². The van der Waals surface area contributed by atoms with Crippen molar-refractivity contribution in [2.75, 3.05) is 19.4 Å². The predicted octanol–water partition coefficient (Wildman–Crippen LogP) is 1.99. The molecule has 1 rings (SSSR count). The van der Waals surface area contributed by atoms with Gasteiger partial charge in [-0.3, -0.25) is 0 Å². The first-order valence-corrected chi connectivity index (χ1v) is 8.12. The minimum Gasteiger partial charge on any atom is -0.480 e. The van der Waals surface area contributed by atoms with Crippen molar-refractivity contribution in [3.8, 4) is 0 Å². The van der Waals surface area contributed by atoms with Crippen molar-refractivity contribution >= 4 is 21.7 Å². The first-order valence-electron chi connectivity index (χ1n) is 6.68. The van der Waals surface area contributed by atoms with E-state index in [1.807, 2.05) is 6.92 Å². The van der Waals surface area contributed by atoms with Gasteiger partial charge in [0.25, 0.3) is 0 Å². The maximum absolute atomic E-state index is 12.3. The van der Waals surface area contributed by atoms with Crippen molar-refractivity contribution in [2.45, 2.75) is 37.1 Å². The van der Waals surface area contributed by atoms with E-state index in [0.717, 1.165) is 4.31 Å². The van der Waals surface area contributed by atoms with Gasteiger partial charge in [-0.2, -0.15) is 0 Å². The van der Waals surface area contributed by atoms with Crippen LogP contribution < -0.4 is 5.32 Å². The summed E-state index contributed by atoms with van der Waals surface area (Å²) >= 11 is 0. The molecular weight excluding hydrogens is 292 g/mol. The van der Waals surface area contributed by atoms with Crippen LogP contribution in [-0.2, 0) is 14.8 Å². The van der Waals surface area contributed by atoms with Gasteiger partial charge in [0.1, 0.15) is 10.4 Å². The number of hydrogen-bond acceptors (Lipinski definition) is 4. The monoisotopic (exact) mass is 314 g/mol. The van der Waals surface area contributed by atoms with Crippen molar-refractivity contribution in [3.63, 3.8) is 0 Å². The summed E-state index contributed by atoms with van der Waals surface area (Å²) < 4.78 is 25.7. The SMILES string of the molecule is CCCC(C)(Nc1ccccc1S(=O)(=O)N(C)C)C(=O)O. The van der Waals surface area contributed by atoms with Gasteiger partial charge < -0.3 is 10.4 Å². The van der Waals surface area contributed by atoms with Crippen LogP contribution in [0, 0.1) is 0 Å². The molecule has 0 aliphatic rings. The summed E-state index contributed by atoms with van der Waals surface area (Å²) in [6.45, 7) is 3.43. The zero-order valence-corrected chi connectivity index (χ0v) is 13.6. The van der Waals surface area contributed by atoms with Crippen molar-refractivity contribution in [1.29, 1.82) is 0 Å². The molecule has 21 heavy (non-hydrogen) atoms. The lowest BCUT2D eigenvalue weighted by atomic mass is 9.96. The molecule has 0 aromatic heterocycles. The highest BCUT2D eigenvalue weighted by molar-refractivity contribution is 7.89. The molecule has 1 aromatic rings. The van der Waals surface area contributed by atoms with Crippen LogP contribution in [-0.4, -0.2) is 43.4 Å². The quantitative estimate of drug-likeness (QED) is 0.804. The number of carboxylic acid groups (broad SMARTS) is 1. The van der Waals surface area contributed by atoms with Crippen LogP contribution in [0.2, 0.25) is 0 Å². The maximum Gasteiger partial charge on any atom is 0.329 e. The van der Waals surface area contributed by atoms with E-state index in [0.29, 0.717) is 18.5 Å². The molecule has 0 spiro atoms. The van der Waals surface area contributed by atoms with E-state index in [9.17, 15) is 18.3 Å². The number of sulfonamides is 1. The number of nitrogens with zero attached hydrogens (tertiary/aromatic N) is 1. The number of anilines is 1. The standard InChI is InChI=1S/C14H22N2O4S/c1-5-10-14(2,13(17)18)15-11-8-6-7-9-12(11)21(19,20)16(3)4/h6-9,15H,5,10H2,1-4H3,(H,17,18). The molecule has 0 amide bonds. The van der Waals surface area contributed by atoms with Gasteiger partial charge in [0.05, 0.1) is 5.69 Å². The van der Waals surface area contributed by atoms with Crippen LogP contribution in [0.5, 0.6) is 0 Å². The number of para-hydroxylation sites is 1. The van der Waals surface area contributed by atoms with Gasteiger partial charge >= 0.3 is 5.97 Å². The van der Waals surface area contributed by atoms with Crippen LogP contribution in [0.4, 0.5) is 5.69 Å². The fraction of sp³-hybridized carbons (Fsp3) is 0.500. The van der Waals surface area contributed by atoms with E-state index in [2.05, 4.69) is 5.32 Å². The van der Waals surface area contributed by atoms with E-state index >= 15 is 0 Å². The number of carbonyl (C=O) groups is 1. The third kappa shape index (κ3) is 3.74. The smallest absolute Gasteiger partial charge is 0.329 e. The Hall–Kier alpha value is -1.60. The van der Waals surface area contributed by atoms with Crippen LogP contribution in [0.15, 0.2) is 29.2 Å². The van der Waals surface area contributed by atoms with Gasteiger partial charge in [-0.05, 0) is 25.5 Å². The van der Waals surface area contributed by atoms with Crippen molar-refractivity contribution in [2.24, 2.45) is 0 Å². The lowest BCUT2D eigenvalue weighted by molar-refractivity contribution is -0.142. The number of hydrogen-bond donors (Lipinski definition) is 2. The molecule has 1 aromatic carbocycles. The summed E-state index contributed by atoms with van der Waals surface area (Å²) in [7, 11) is -0.765. The molecule has 6 nitrogen and oxygen atoms in total. The summed E-state index contributed by atoms with van der Waals surface area (Å²) in [4.78, 5) is 11.6. The van der Waals surface area contributed by atoms with Gasteiger partial charge in [-0.25, -0.2) is 17.5 Å². The number of nitrogens with one attached hydrogen (secondary N) is 1. The molecule has 0 aliphatic carbocycles. The summed E-state index contributed by atoms with van der Waals surface area (Å²) in [6, 6.07) is 6.32. The molecule has 118 valence electrons. The fourth-order valence-corrected chi connectivity index (χ4v) is 3.05. The van der Waals surface area contributed by atoms with E-state index in [1.165, 1.54) is 20.2 Å². The second kappa shape index (κ2) is 6.44. The second-order valence-electron chi connectivity index (χ2n) is 5.30. The Morgan fingerprint density at radius 3 is 2.38 bits per heavy atom. The lowest BCUT2D eigenvalue weighted by Crippen LogP contribution is -2.43. The molecule has 0 saturated heterocycles. The summed E-state index contributed by atoms with van der Waals surface area (Å²) in [5, 5.41) is 12.3. The van der Waals surface area contributed by atoms with E-state index in [4.69, 9.17) is 0 Å². The van der Waals surface area contributed by atoms with Gasteiger partial charge in [0.2, 0.25) is 10.0 Å². The second-order valence-corrected chi connectivity index (χ2v) is 7.42. The Morgan fingerprint density at radius 2 is 1.90 bits per heavy atom. The summed E-state index contributed by atoms with van der Waals surface area (Å²) in [6.07, 6.45) is 1.05. The topological polar surface area (TPSA) is 86.7 Å². The highest BCUT2D eigenvalue weighted by Gasteiger charge is 2.34. The third-order valence-corrected chi connectivity index (χ3v) is 5.15. The average Bonchev–Trinajstić information content (AvgIpc) is 2.39. The van der Waals surface area contributed by atoms with E-state index in [1.54, 1.807) is 25.1 Å². The van der Waals surface area contributed by atoms with Gasteiger partial charge in [-0.15, -0.1) is 0 Å². The summed E-state index contributed by atoms with van der Waals surface area (Å²) in [5.74, 6) is -1.01. The molecule has 0 fully saturated rings. The highest BCUT2D eigenvalue weighted by atomic mass is 32.2. The Bertz CT molecular complexity index is 613. The Kier molecular flexibility index (Phi) is 5.36. The molecule has 7 heteroatoms. The fourth-order valence-electron chi connectivity index (χ4n) is 2.01. The van der Waals surface area contributed by atoms with Gasteiger partial charge in [0.15, 0.2) is 0 Å². The molecule has 1 atom stereocenters. The van der Waals surface area contributed by atoms with Gasteiger partial charge in [0, 0.05) is 14.1 Å². The number of carboxylic acids is 1. The molecule has 0 bridgehead atoms. The molecule has 0 radical (unpaired) electrons. The number of benzene rings is 1. The predicted molar refractivity (Wildman–Crippen MR) is 81.9 cm³/mol. The Balaban J connectivity index is 3.30. The number of rotatable bonds is 7. The lowest BCUT2D eigenvalue weighted by Gasteiger charge is -2.28. The highest BCUT2D eigenvalue weighted by Crippen LogP contribution is 2.28. The average molecular weight is 314 g/mol. The van der Waals surface area contributed by atoms with Crippen molar-refractivity contribution < 1.29 is 18.3 Å². The number of aliphatic carboxylic acids is 1. The Labute approximate surface area is 125 Å². The molecule has 2 N–H and O–H groups in total. The minimum absolute atomic E-state index is 0.0681. The van der Waals surface area contributed by atoms with E-state index < -0.39 is 21.5 Å². The molecule has 0 heterocycles. The molecular formula is C14H22N2O4S. The Morgan fingerprint density at radius 1 is 1.33 bits per heavy atom. The van der Waals surface area contributed by atoms with Crippen molar-refractivity contribution in [3.05, 3.63) is 24.3 Å². The van der Waals surface area contributed by atoms with E-state index in [-0.39, 0.29) is 4.90 Å². The van der Waals surface area contributed by atoms with Crippen LogP contribution in [0.1, 0.15) is 26.7 Å². The van der Waals surface area contributed by atoms with Crippen LogP contribution >= 0.6 is 0 Å². The molecule has 0 saturated carbocycles. The zero-order chi connectivity index (χ0) is 16.3. The van der Waals surface area contributed by atoms with Crippen LogP contribution in [0.3, 0.4) is 0 Å². The summed E-state index contributed by atoms with van der Waals surface area (Å²) in [5.41, 5.74) is -0.920. The van der Waals surface area contributed by atoms with Crippen LogP contribution in [0.25, 0.3) is 0 Å². The largest absolute Gasteiger partial charge is 0.480 e.